The highest BCUT2D eigenvalue weighted by Gasteiger charge is 2.13. The summed E-state index contributed by atoms with van der Waals surface area (Å²) < 4.78 is 25.9. The van der Waals surface area contributed by atoms with E-state index >= 15 is 0 Å². The van der Waals surface area contributed by atoms with E-state index in [2.05, 4.69) is 66.1 Å². The van der Waals surface area contributed by atoms with Gasteiger partial charge in [0.1, 0.15) is 0 Å². The van der Waals surface area contributed by atoms with Gasteiger partial charge in [-0.1, -0.05) is 66.8 Å². The molecule has 3 nitrogen and oxygen atoms in total. The first-order valence-electron chi connectivity index (χ1n) is 9.71. The molecule has 0 atom stereocenters. The van der Waals surface area contributed by atoms with Crippen LogP contribution < -0.4 is 0 Å². The van der Waals surface area contributed by atoms with Crippen LogP contribution in [0.15, 0.2) is 72.2 Å². The highest BCUT2D eigenvalue weighted by Crippen LogP contribution is 2.33. The molecule has 0 saturated heterocycles. The maximum atomic E-state index is 9.19. The summed E-state index contributed by atoms with van der Waals surface area (Å²) in [4.78, 5) is 0. The van der Waals surface area contributed by atoms with E-state index in [0.29, 0.717) is 6.26 Å². The fraction of sp³-hybridized carbons (Fsp3) is 0.250. The molecular formula is C24H26O3S2. The lowest BCUT2D eigenvalue weighted by atomic mass is 9.86. The van der Waals surface area contributed by atoms with Crippen LogP contribution in [0.25, 0.3) is 21.5 Å². The standard InChI is InChI=1S/C18H16.C5H6S.CH4O3S/c1-3-7-15-13(5-1)9-11-18-16-8-4-2-6-14(16)10-12-17(15)18;1-2-4-6-5-3-1;1-5(2,3)4/h1,3,5,7,9-12H,2,4,6,8H2;1-4H,5H2;1H3,(H,2,3,4). The monoisotopic (exact) mass is 426 g/mol. The summed E-state index contributed by atoms with van der Waals surface area (Å²) in [6.45, 7) is 0. The lowest BCUT2D eigenvalue weighted by molar-refractivity contribution is 0.490. The number of hydrogen-bond donors (Lipinski definition) is 1. The molecule has 5 heteroatoms. The van der Waals surface area contributed by atoms with E-state index in [1.54, 1.807) is 11.1 Å². The van der Waals surface area contributed by atoms with Gasteiger partial charge < -0.3 is 0 Å². The van der Waals surface area contributed by atoms with Gasteiger partial charge in [-0.25, -0.2) is 0 Å². The summed E-state index contributed by atoms with van der Waals surface area (Å²) in [6.07, 6.45) is 12.2. The fourth-order valence-corrected chi connectivity index (χ4v) is 4.22. The first kappa shape index (κ1) is 21.6. The van der Waals surface area contributed by atoms with Crippen molar-refractivity contribution in [1.29, 1.82) is 0 Å². The van der Waals surface area contributed by atoms with E-state index in [1.165, 1.54) is 47.2 Å². The minimum atomic E-state index is -3.67. The highest BCUT2D eigenvalue weighted by atomic mass is 32.2. The van der Waals surface area contributed by atoms with Crippen LogP contribution in [0.3, 0.4) is 0 Å². The molecule has 2 aliphatic rings. The first-order valence-corrected chi connectivity index (χ1v) is 12.6. The third-order valence-corrected chi connectivity index (χ3v) is 5.61. The zero-order valence-electron chi connectivity index (χ0n) is 16.5. The molecule has 0 amide bonds. The molecule has 152 valence electrons. The van der Waals surface area contributed by atoms with Gasteiger partial charge in [0.05, 0.1) is 6.26 Å². The molecule has 1 heterocycles. The molecule has 3 aromatic carbocycles. The topological polar surface area (TPSA) is 54.4 Å². The second-order valence-corrected chi connectivity index (χ2v) is 9.52. The molecule has 29 heavy (non-hydrogen) atoms. The highest BCUT2D eigenvalue weighted by molar-refractivity contribution is 8.02. The zero-order chi connectivity index (χ0) is 20.7. The largest absolute Gasteiger partial charge is 0.286 e. The van der Waals surface area contributed by atoms with E-state index in [-0.39, 0.29) is 0 Å². The van der Waals surface area contributed by atoms with Crippen molar-refractivity contribution in [2.24, 2.45) is 0 Å². The number of fused-ring (bicyclic) bond motifs is 5. The predicted molar refractivity (Wildman–Crippen MR) is 126 cm³/mol. The minimum absolute atomic E-state index is 0.715. The Labute approximate surface area is 177 Å². The molecule has 0 saturated carbocycles. The maximum Gasteiger partial charge on any atom is 0.261 e. The Kier molecular flexibility index (Phi) is 7.53. The number of thioether (sulfide) groups is 1. The predicted octanol–water partition coefficient (Wildman–Crippen LogP) is 6.18. The van der Waals surface area contributed by atoms with E-state index in [9.17, 15) is 8.42 Å². The Balaban J connectivity index is 0.000000181. The normalized spacial score (nSPS) is 15.1. The Hall–Kier alpha value is -2.08. The van der Waals surface area contributed by atoms with Crippen LogP contribution in [0.5, 0.6) is 0 Å². The van der Waals surface area contributed by atoms with Crippen molar-refractivity contribution >= 4 is 43.4 Å². The van der Waals surface area contributed by atoms with Crippen molar-refractivity contribution in [2.45, 2.75) is 25.7 Å². The molecule has 0 radical (unpaired) electrons. The first-order chi connectivity index (χ1) is 13.9. The van der Waals surface area contributed by atoms with Crippen molar-refractivity contribution in [2.75, 3.05) is 12.0 Å². The summed E-state index contributed by atoms with van der Waals surface area (Å²) in [5.74, 6) is 1.15. The molecule has 1 aliphatic carbocycles. The third-order valence-electron chi connectivity index (χ3n) is 4.87. The van der Waals surface area contributed by atoms with Gasteiger partial charge in [0.15, 0.2) is 0 Å². The van der Waals surface area contributed by atoms with Gasteiger partial charge in [-0.2, -0.15) is 8.42 Å². The summed E-state index contributed by atoms with van der Waals surface area (Å²) in [5, 5.41) is 7.74. The van der Waals surface area contributed by atoms with Crippen molar-refractivity contribution in [3.05, 3.63) is 83.3 Å². The SMILES string of the molecule is C1=CCSC=C1.CS(=O)(=O)O.c1ccc2c(c1)ccc1c3c(ccc12)CCCC3. The Bertz CT molecular complexity index is 1130. The molecule has 0 aromatic heterocycles. The van der Waals surface area contributed by atoms with Gasteiger partial charge in [0, 0.05) is 5.75 Å². The van der Waals surface area contributed by atoms with E-state index < -0.39 is 10.1 Å². The average molecular weight is 427 g/mol. The minimum Gasteiger partial charge on any atom is -0.286 e. The maximum absolute atomic E-state index is 9.19. The lowest BCUT2D eigenvalue weighted by Crippen LogP contribution is -2.02. The molecule has 1 N–H and O–H groups in total. The molecule has 0 fully saturated rings. The van der Waals surface area contributed by atoms with E-state index in [4.69, 9.17) is 4.55 Å². The summed E-state index contributed by atoms with van der Waals surface area (Å²) in [6, 6.07) is 18.0. The molecule has 5 rings (SSSR count). The van der Waals surface area contributed by atoms with Crippen LogP contribution in [-0.2, 0) is 23.0 Å². The second-order valence-electron chi connectivity index (χ2n) is 7.12. The van der Waals surface area contributed by atoms with Crippen molar-refractivity contribution in [1.82, 2.24) is 0 Å². The summed E-state index contributed by atoms with van der Waals surface area (Å²) in [5.41, 5.74) is 3.17. The number of rotatable bonds is 0. The van der Waals surface area contributed by atoms with Gasteiger partial charge in [-0.3, -0.25) is 4.55 Å². The number of hydrogen-bond acceptors (Lipinski definition) is 3. The number of benzene rings is 3. The summed E-state index contributed by atoms with van der Waals surface area (Å²) >= 11 is 1.83. The summed E-state index contributed by atoms with van der Waals surface area (Å²) in [7, 11) is -3.67. The van der Waals surface area contributed by atoms with Crippen LogP contribution in [0.1, 0.15) is 24.0 Å². The van der Waals surface area contributed by atoms with Gasteiger partial charge in [0.2, 0.25) is 0 Å². The van der Waals surface area contributed by atoms with Gasteiger partial charge in [-0.15, -0.1) is 11.8 Å². The number of allylic oxidation sites excluding steroid dienone is 2. The smallest absolute Gasteiger partial charge is 0.261 e. The molecule has 0 unspecified atom stereocenters. The van der Waals surface area contributed by atoms with Crippen LogP contribution in [-0.4, -0.2) is 25.0 Å². The molecule has 0 spiro atoms. The molecule has 3 aromatic rings. The number of aryl methyl sites for hydroxylation is 2. The lowest BCUT2D eigenvalue weighted by Gasteiger charge is -2.18. The molecular weight excluding hydrogens is 400 g/mol. The Morgan fingerprint density at radius 2 is 1.59 bits per heavy atom. The van der Waals surface area contributed by atoms with Gasteiger partial charge in [-0.05, 0) is 63.8 Å². The van der Waals surface area contributed by atoms with Gasteiger partial charge in [0.25, 0.3) is 10.1 Å². The van der Waals surface area contributed by atoms with Crippen LogP contribution in [0.4, 0.5) is 0 Å². The Morgan fingerprint density at radius 3 is 2.24 bits per heavy atom. The van der Waals surface area contributed by atoms with E-state index in [1.807, 2.05) is 17.8 Å². The quantitative estimate of drug-likeness (QED) is 0.344. The fourth-order valence-electron chi connectivity index (χ4n) is 3.69. The zero-order valence-corrected chi connectivity index (χ0v) is 18.2. The van der Waals surface area contributed by atoms with Gasteiger partial charge >= 0.3 is 0 Å². The van der Waals surface area contributed by atoms with Crippen molar-refractivity contribution in [3.8, 4) is 0 Å². The molecule has 0 bridgehead atoms. The van der Waals surface area contributed by atoms with Crippen LogP contribution in [0.2, 0.25) is 0 Å². The van der Waals surface area contributed by atoms with Crippen LogP contribution >= 0.6 is 11.8 Å². The average Bonchev–Trinajstić information content (AvgIpc) is 2.74. The van der Waals surface area contributed by atoms with Crippen molar-refractivity contribution < 1.29 is 13.0 Å². The van der Waals surface area contributed by atoms with E-state index in [0.717, 1.165) is 5.75 Å². The molecule has 1 aliphatic heterocycles. The van der Waals surface area contributed by atoms with Crippen molar-refractivity contribution in [3.63, 3.8) is 0 Å². The van der Waals surface area contributed by atoms with Crippen LogP contribution in [0, 0.1) is 0 Å². The third kappa shape index (κ3) is 6.46. The Morgan fingerprint density at radius 1 is 0.862 bits per heavy atom. The second kappa shape index (κ2) is 10.1.